The van der Waals surface area contributed by atoms with E-state index in [2.05, 4.69) is 24.3 Å². The van der Waals surface area contributed by atoms with Crippen molar-refractivity contribution in [2.45, 2.75) is 89.0 Å². The minimum Gasteiger partial charge on any atom is -0.374 e. The first-order valence-corrected chi connectivity index (χ1v) is 15.6. The standard InChI is InChI=1S/2C15H21NO3.C6H6/c2*16-15(17)14-9-8-13(7-4-10-18-14)19-11-12-5-2-1-3-6-12;1-2-4-6-5-3-1/h2*1-3,5-6,13-14H,4,7-11H2,(H2,16,17);1-6H/t2*13-,14-;/m10./s1. The number of hydrogen-bond donors (Lipinski definition) is 2. The van der Waals surface area contributed by atoms with Crippen molar-refractivity contribution in [3.63, 3.8) is 0 Å². The SMILES string of the molecule is NC(=O)[C@@H]1CC[C@@H](OCc2ccccc2)CCCO1.NC(=O)[C@H]1CC[C@H](OCc2ccccc2)CCCO1.c1ccccc1. The molecule has 8 nitrogen and oxygen atoms in total. The summed E-state index contributed by atoms with van der Waals surface area (Å²) in [6.07, 6.45) is 6.15. The quantitative estimate of drug-likeness (QED) is 0.339. The van der Waals surface area contributed by atoms with Crippen LogP contribution in [0, 0.1) is 0 Å². The van der Waals surface area contributed by atoms with Gasteiger partial charge in [0.05, 0.1) is 25.4 Å². The van der Waals surface area contributed by atoms with Crippen LogP contribution < -0.4 is 11.5 Å². The Morgan fingerprint density at radius 1 is 0.545 bits per heavy atom. The van der Waals surface area contributed by atoms with Gasteiger partial charge < -0.3 is 30.4 Å². The highest BCUT2D eigenvalue weighted by molar-refractivity contribution is 5.79. The van der Waals surface area contributed by atoms with Crippen molar-refractivity contribution in [3.05, 3.63) is 108 Å². The van der Waals surface area contributed by atoms with Crippen LogP contribution in [0.3, 0.4) is 0 Å². The third-order valence-electron chi connectivity index (χ3n) is 7.44. The second-order valence-corrected chi connectivity index (χ2v) is 11.0. The molecule has 0 bridgehead atoms. The molecule has 0 aliphatic carbocycles. The summed E-state index contributed by atoms with van der Waals surface area (Å²) in [5.41, 5.74) is 12.9. The van der Waals surface area contributed by atoms with E-state index in [1.807, 2.05) is 72.8 Å². The second kappa shape index (κ2) is 21.2. The Morgan fingerprint density at radius 2 is 0.886 bits per heavy atom. The summed E-state index contributed by atoms with van der Waals surface area (Å²) in [6.45, 7) is 2.40. The smallest absolute Gasteiger partial charge is 0.246 e. The van der Waals surface area contributed by atoms with E-state index in [1.165, 1.54) is 11.1 Å². The Hall–Kier alpha value is -3.56. The fourth-order valence-electron chi connectivity index (χ4n) is 4.95. The minimum absolute atomic E-state index is 0.186. The van der Waals surface area contributed by atoms with Crippen molar-refractivity contribution in [2.24, 2.45) is 11.5 Å². The fourth-order valence-corrected chi connectivity index (χ4v) is 4.95. The molecule has 0 unspecified atom stereocenters. The van der Waals surface area contributed by atoms with Crippen LogP contribution in [0.15, 0.2) is 97.1 Å². The highest BCUT2D eigenvalue weighted by Gasteiger charge is 2.23. The average molecular weight is 605 g/mol. The Labute approximate surface area is 262 Å². The molecule has 0 spiro atoms. The molecule has 238 valence electrons. The van der Waals surface area contributed by atoms with Gasteiger partial charge in [0.15, 0.2) is 0 Å². The van der Waals surface area contributed by atoms with E-state index >= 15 is 0 Å². The van der Waals surface area contributed by atoms with Crippen LogP contribution in [-0.4, -0.2) is 49.4 Å². The topological polar surface area (TPSA) is 123 Å². The van der Waals surface area contributed by atoms with Gasteiger partial charge in [-0.05, 0) is 62.5 Å². The maximum absolute atomic E-state index is 11.2. The van der Waals surface area contributed by atoms with Gasteiger partial charge in [-0.1, -0.05) is 97.1 Å². The number of benzene rings is 3. The molecule has 2 fully saturated rings. The summed E-state index contributed by atoms with van der Waals surface area (Å²) in [6, 6.07) is 32.2. The predicted octanol–water partition coefficient (Wildman–Crippen LogP) is 5.72. The molecule has 44 heavy (non-hydrogen) atoms. The van der Waals surface area contributed by atoms with E-state index in [9.17, 15) is 9.59 Å². The van der Waals surface area contributed by atoms with Gasteiger partial charge in [0.25, 0.3) is 0 Å². The lowest BCUT2D eigenvalue weighted by molar-refractivity contribution is -0.132. The maximum Gasteiger partial charge on any atom is 0.246 e. The van der Waals surface area contributed by atoms with Crippen molar-refractivity contribution in [1.82, 2.24) is 0 Å². The van der Waals surface area contributed by atoms with Gasteiger partial charge in [-0.15, -0.1) is 0 Å². The lowest BCUT2D eigenvalue weighted by atomic mass is 10.0. The van der Waals surface area contributed by atoms with Crippen LogP contribution in [0.1, 0.15) is 62.5 Å². The molecule has 2 aliphatic rings. The summed E-state index contributed by atoms with van der Waals surface area (Å²) in [5, 5.41) is 0. The van der Waals surface area contributed by atoms with Gasteiger partial charge in [-0.3, -0.25) is 9.59 Å². The summed E-state index contributed by atoms with van der Waals surface area (Å²) < 4.78 is 22.7. The molecule has 2 aliphatic heterocycles. The number of rotatable bonds is 8. The zero-order valence-electron chi connectivity index (χ0n) is 25.6. The lowest BCUT2D eigenvalue weighted by Gasteiger charge is -2.24. The second-order valence-electron chi connectivity index (χ2n) is 11.0. The van der Waals surface area contributed by atoms with E-state index in [0.29, 0.717) is 39.3 Å². The van der Waals surface area contributed by atoms with Gasteiger partial charge in [-0.25, -0.2) is 0 Å². The molecule has 5 rings (SSSR count). The molecule has 2 saturated heterocycles. The van der Waals surface area contributed by atoms with Crippen molar-refractivity contribution in [2.75, 3.05) is 13.2 Å². The van der Waals surface area contributed by atoms with E-state index < -0.39 is 12.2 Å². The molecule has 0 radical (unpaired) electrons. The molecule has 2 amide bonds. The highest BCUT2D eigenvalue weighted by Crippen LogP contribution is 2.19. The first-order valence-electron chi connectivity index (χ1n) is 15.6. The molecule has 3 aromatic rings. The number of hydrogen-bond acceptors (Lipinski definition) is 6. The maximum atomic E-state index is 11.2. The number of carbonyl (C=O) groups excluding carboxylic acids is 2. The fraction of sp³-hybridized carbons (Fsp3) is 0.444. The van der Waals surface area contributed by atoms with Crippen molar-refractivity contribution in [3.8, 4) is 0 Å². The van der Waals surface area contributed by atoms with E-state index in [-0.39, 0.29) is 24.0 Å². The molecular weight excluding hydrogens is 556 g/mol. The van der Waals surface area contributed by atoms with Crippen LogP contribution >= 0.6 is 0 Å². The van der Waals surface area contributed by atoms with Crippen LogP contribution in [0.2, 0.25) is 0 Å². The third kappa shape index (κ3) is 14.8. The van der Waals surface area contributed by atoms with Crippen LogP contribution in [0.5, 0.6) is 0 Å². The van der Waals surface area contributed by atoms with E-state index in [1.54, 1.807) is 0 Å². The number of amides is 2. The average Bonchev–Trinajstić information content (AvgIpc) is 3.02. The van der Waals surface area contributed by atoms with Crippen LogP contribution in [0.25, 0.3) is 0 Å². The summed E-state index contributed by atoms with van der Waals surface area (Å²) in [4.78, 5) is 22.3. The summed E-state index contributed by atoms with van der Waals surface area (Å²) in [5.74, 6) is -0.743. The zero-order chi connectivity index (χ0) is 31.2. The Bertz CT molecular complexity index is 1060. The number of ether oxygens (including phenoxy) is 4. The molecule has 0 saturated carbocycles. The molecule has 4 atom stereocenters. The molecule has 8 heteroatoms. The molecule has 4 N–H and O–H groups in total. The van der Waals surface area contributed by atoms with Gasteiger partial charge in [0.1, 0.15) is 12.2 Å². The third-order valence-corrected chi connectivity index (χ3v) is 7.44. The number of nitrogens with two attached hydrogens (primary N) is 2. The van der Waals surface area contributed by atoms with E-state index in [4.69, 9.17) is 30.4 Å². The molecular formula is C36H48N2O6. The Kier molecular flexibility index (Phi) is 16.8. The van der Waals surface area contributed by atoms with Gasteiger partial charge in [0, 0.05) is 13.2 Å². The minimum atomic E-state index is -0.455. The number of carbonyl (C=O) groups is 2. The normalized spacial score (nSPS) is 22.2. The summed E-state index contributed by atoms with van der Waals surface area (Å²) >= 11 is 0. The lowest BCUT2D eigenvalue weighted by Crippen LogP contribution is -2.34. The van der Waals surface area contributed by atoms with Crippen molar-refractivity contribution in [1.29, 1.82) is 0 Å². The Morgan fingerprint density at radius 3 is 1.23 bits per heavy atom. The first-order chi connectivity index (χ1) is 21.5. The van der Waals surface area contributed by atoms with Crippen LogP contribution in [-0.2, 0) is 41.8 Å². The predicted molar refractivity (Wildman–Crippen MR) is 171 cm³/mol. The van der Waals surface area contributed by atoms with Gasteiger partial charge in [-0.2, -0.15) is 0 Å². The van der Waals surface area contributed by atoms with Gasteiger partial charge in [0.2, 0.25) is 11.8 Å². The first kappa shape index (κ1) is 34.9. The van der Waals surface area contributed by atoms with Gasteiger partial charge >= 0.3 is 0 Å². The highest BCUT2D eigenvalue weighted by atomic mass is 16.5. The largest absolute Gasteiger partial charge is 0.374 e. The monoisotopic (exact) mass is 604 g/mol. The Balaban J connectivity index is 0.000000202. The van der Waals surface area contributed by atoms with Crippen molar-refractivity contribution < 1.29 is 28.5 Å². The number of primary amides is 2. The van der Waals surface area contributed by atoms with Crippen LogP contribution in [0.4, 0.5) is 0 Å². The molecule has 0 aromatic heterocycles. The molecule has 3 aromatic carbocycles. The van der Waals surface area contributed by atoms with Crippen molar-refractivity contribution >= 4 is 11.8 Å². The zero-order valence-corrected chi connectivity index (χ0v) is 25.6. The summed E-state index contributed by atoms with van der Waals surface area (Å²) in [7, 11) is 0. The molecule has 2 heterocycles. The van der Waals surface area contributed by atoms with E-state index in [0.717, 1.165) is 38.5 Å².